The Balaban J connectivity index is 1.81. The predicted octanol–water partition coefficient (Wildman–Crippen LogP) is 3.71. The maximum Gasteiger partial charge on any atom is 0.408 e. The predicted molar refractivity (Wildman–Crippen MR) is 139 cm³/mol. The van der Waals surface area contributed by atoms with Gasteiger partial charge in [0, 0.05) is 13.1 Å². The molecule has 4 amide bonds. The van der Waals surface area contributed by atoms with Crippen molar-refractivity contribution >= 4 is 18.0 Å². The molecule has 1 atom stereocenters. The summed E-state index contributed by atoms with van der Waals surface area (Å²) in [5.74, 6) is -0.700. The first-order valence-electron chi connectivity index (χ1n) is 12.6. The van der Waals surface area contributed by atoms with Gasteiger partial charge < -0.3 is 20.7 Å². The van der Waals surface area contributed by atoms with Gasteiger partial charge >= 0.3 is 12.1 Å². The van der Waals surface area contributed by atoms with Crippen LogP contribution >= 0.6 is 0 Å². The van der Waals surface area contributed by atoms with E-state index >= 15 is 0 Å². The molecule has 1 aliphatic heterocycles. The number of nitrogens with one attached hydrogen (secondary N) is 3. The molecule has 1 saturated heterocycles. The lowest BCUT2D eigenvalue weighted by molar-refractivity contribution is -0.142. The fourth-order valence-corrected chi connectivity index (χ4v) is 4.30. The number of urea groups is 1. The molecule has 196 valence electrons. The van der Waals surface area contributed by atoms with E-state index in [1.807, 2.05) is 74.5 Å². The van der Waals surface area contributed by atoms with Gasteiger partial charge in [-0.15, -0.1) is 0 Å². The Hall–Kier alpha value is -3.90. The lowest BCUT2D eigenvalue weighted by atomic mass is 9.87. The zero-order valence-electron chi connectivity index (χ0n) is 21.4. The molecule has 0 aromatic heterocycles. The van der Waals surface area contributed by atoms with Crippen LogP contribution in [0.3, 0.4) is 0 Å². The lowest BCUT2D eigenvalue weighted by Crippen LogP contribution is -2.63. The molecule has 0 saturated carbocycles. The summed E-state index contributed by atoms with van der Waals surface area (Å²) in [5.41, 5.74) is 0.392. The van der Waals surface area contributed by atoms with Gasteiger partial charge in [0.1, 0.15) is 5.54 Å². The second kappa shape index (κ2) is 13.4. The van der Waals surface area contributed by atoms with Gasteiger partial charge in [0.25, 0.3) is 5.91 Å². The van der Waals surface area contributed by atoms with Crippen LogP contribution in [0.1, 0.15) is 44.2 Å². The van der Waals surface area contributed by atoms with Crippen molar-refractivity contribution in [3.63, 3.8) is 0 Å². The molecular formula is C28H35N5O4. The molecule has 0 radical (unpaired) electrons. The van der Waals surface area contributed by atoms with Gasteiger partial charge in [-0.05, 0) is 49.4 Å². The van der Waals surface area contributed by atoms with Crippen LogP contribution in [-0.4, -0.2) is 47.7 Å². The van der Waals surface area contributed by atoms with Gasteiger partial charge in [0.2, 0.25) is 0 Å². The van der Waals surface area contributed by atoms with Crippen LogP contribution in [0.5, 0.6) is 0 Å². The summed E-state index contributed by atoms with van der Waals surface area (Å²) in [5, 5.41) is 18.8. The number of hydrogen-bond acceptors (Lipinski definition) is 6. The first kappa shape index (κ1) is 27.7. The lowest BCUT2D eigenvalue weighted by Gasteiger charge is -2.41. The summed E-state index contributed by atoms with van der Waals surface area (Å²) >= 11 is 0. The van der Waals surface area contributed by atoms with E-state index in [9.17, 15) is 19.6 Å². The number of imide groups is 1. The third-order valence-electron chi connectivity index (χ3n) is 6.27. The number of alkyl carbamates (subject to hydrolysis) is 1. The van der Waals surface area contributed by atoms with Gasteiger partial charge in [0.05, 0.1) is 6.07 Å². The van der Waals surface area contributed by atoms with Crippen molar-refractivity contribution in [3.8, 4) is 6.07 Å². The highest BCUT2D eigenvalue weighted by molar-refractivity contribution is 5.98. The number of nitriles is 1. The highest BCUT2D eigenvalue weighted by Crippen LogP contribution is 2.28. The molecule has 9 heteroatoms. The van der Waals surface area contributed by atoms with Gasteiger partial charge in [-0.25, -0.2) is 14.5 Å². The summed E-state index contributed by atoms with van der Waals surface area (Å²) in [4.78, 5) is 41.0. The minimum Gasteiger partial charge on any atom is -0.436 e. The molecule has 37 heavy (non-hydrogen) atoms. The molecular weight excluding hydrogens is 470 g/mol. The van der Waals surface area contributed by atoms with E-state index in [0.29, 0.717) is 13.1 Å². The number of carbonyl (C=O) groups excluding carboxylic acids is 3. The normalized spacial score (nSPS) is 15.2. The first-order chi connectivity index (χ1) is 17.8. The standard InChI is InChI=1S/C28H35N5O4/c1-21(2)17-24(37-27(36)32-19-23-11-7-4-8-12-23)25(34)33(28(20-29)13-15-30-16-14-28)26(35)31-18-22-9-5-3-6-10-22/h3-12,21,24,30H,13-19H2,1-2H3,(H,31,35)(H,32,36). The fourth-order valence-electron chi connectivity index (χ4n) is 4.30. The smallest absolute Gasteiger partial charge is 0.408 e. The number of nitrogens with zero attached hydrogens (tertiary/aromatic N) is 2. The highest BCUT2D eigenvalue weighted by atomic mass is 16.6. The zero-order valence-corrected chi connectivity index (χ0v) is 21.4. The molecule has 0 bridgehead atoms. The van der Waals surface area contributed by atoms with Gasteiger partial charge in [-0.3, -0.25) is 4.79 Å². The Morgan fingerprint density at radius 3 is 2.03 bits per heavy atom. The van der Waals surface area contributed by atoms with Crippen molar-refractivity contribution in [1.29, 1.82) is 5.26 Å². The first-order valence-corrected chi connectivity index (χ1v) is 12.6. The van der Waals surface area contributed by atoms with Crippen molar-refractivity contribution in [3.05, 3.63) is 71.8 Å². The van der Waals surface area contributed by atoms with Crippen molar-refractivity contribution in [2.45, 2.75) is 57.8 Å². The molecule has 0 aliphatic carbocycles. The number of amides is 4. The second-order valence-corrected chi connectivity index (χ2v) is 9.57. The van der Waals surface area contributed by atoms with Crippen LogP contribution in [0.4, 0.5) is 9.59 Å². The van der Waals surface area contributed by atoms with Crippen molar-refractivity contribution < 1.29 is 19.1 Å². The van der Waals surface area contributed by atoms with Gasteiger partial charge in [0.15, 0.2) is 6.10 Å². The minimum absolute atomic E-state index is 0.00355. The fraction of sp³-hybridized carbons (Fsp3) is 0.429. The number of piperidine rings is 1. The summed E-state index contributed by atoms with van der Waals surface area (Å²) in [7, 11) is 0. The molecule has 3 N–H and O–H groups in total. The maximum absolute atomic E-state index is 13.9. The van der Waals surface area contributed by atoms with Crippen LogP contribution in [0.25, 0.3) is 0 Å². The number of carbonyl (C=O) groups is 3. The molecule has 1 unspecified atom stereocenters. The summed E-state index contributed by atoms with van der Waals surface area (Å²) in [6.07, 6.45) is -1.22. The molecule has 3 rings (SSSR count). The number of rotatable bonds is 9. The molecule has 1 fully saturated rings. The van der Waals surface area contributed by atoms with E-state index in [1.165, 1.54) is 0 Å². The monoisotopic (exact) mass is 505 g/mol. The van der Waals surface area contributed by atoms with E-state index in [0.717, 1.165) is 16.0 Å². The third kappa shape index (κ3) is 7.79. The van der Waals surface area contributed by atoms with E-state index < -0.39 is 29.7 Å². The Morgan fingerprint density at radius 1 is 0.973 bits per heavy atom. The van der Waals surface area contributed by atoms with Crippen molar-refractivity contribution in [2.75, 3.05) is 13.1 Å². The Labute approximate surface area is 218 Å². The average Bonchev–Trinajstić information content (AvgIpc) is 2.92. The molecule has 2 aromatic carbocycles. The zero-order chi connectivity index (χ0) is 26.7. The number of hydrogen-bond donors (Lipinski definition) is 3. The second-order valence-electron chi connectivity index (χ2n) is 9.57. The minimum atomic E-state index is -1.35. The SMILES string of the molecule is CC(C)CC(OC(=O)NCc1ccccc1)C(=O)N(C(=O)NCc1ccccc1)C1(C#N)CCNCC1. The quantitative estimate of drug-likeness (QED) is 0.477. The molecule has 1 aliphatic rings. The van der Waals surface area contributed by atoms with E-state index in [2.05, 4.69) is 22.0 Å². The number of ether oxygens (including phenoxy) is 1. The van der Waals surface area contributed by atoms with Crippen LogP contribution < -0.4 is 16.0 Å². The average molecular weight is 506 g/mol. The van der Waals surface area contributed by atoms with E-state index in [-0.39, 0.29) is 38.3 Å². The molecule has 0 spiro atoms. The maximum atomic E-state index is 13.9. The summed E-state index contributed by atoms with van der Waals surface area (Å²) in [6, 6.07) is 20.2. The van der Waals surface area contributed by atoms with Crippen LogP contribution in [0.15, 0.2) is 60.7 Å². The number of benzene rings is 2. The van der Waals surface area contributed by atoms with Crippen molar-refractivity contribution in [1.82, 2.24) is 20.9 Å². The summed E-state index contributed by atoms with van der Waals surface area (Å²) in [6.45, 7) is 5.19. The third-order valence-corrected chi connectivity index (χ3v) is 6.27. The molecule has 2 aromatic rings. The Bertz CT molecular complexity index is 1080. The van der Waals surface area contributed by atoms with Crippen LogP contribution in [0, 0.1) is 17.2 Å². The molecule has 1 heterocycles. The van der Waals surface area contributed by atoms with Crippen LogP contribution in [-0.2, 0) is 22.6 Å². The Kier molecular flexibility index (Phi) is 10.0. The largest absolute Gasteiger partial charge is 0.436 e. The van der Waals surface area contributed by atoms with E-state index in [4.69, 9.17) is 4.74 Å². The Morgan fingerprint density at radius 2 is 1.51 bits per heavy atom. The topological polar surface area (TPSA) is 124 Å². The van der Waals surface area contributed by atoms with E-state index in [1.54, 1.807) is 0 Å². The van der Waals surface area contributed by atoms with Crippen LogP contribution in [0.2, 0.25) is 0 Å². The van der Waals surface area contributed by atoms with Gasteiger partial charge in [-0.1, -0.05) is 74.5 Å². The highest BCUT2D eigenvalue weighted by Gasteiger charge is 2.47. The van der Waals surface area contributed by atoms with Crippen molar-refractivity contribution in [2.24, 2.45) is 5.92 Å². The summed E-state index contributed by atoms with van der Waals surface area (Å²) < 4.78 is 5.57. The molecule has 9 nitrogen and oxygen atoms in total. The van der Waals surface area contributed by atoms with Gasteiger partial charge in [-0.2, -0.15) is 5.26 Å².